The van der Waals surface area contributed by atoms with Crippen molar-refractivity contribution in [3.63, 3.8) is 0 Å². The molecule has 4 aromatic rings. The van der Waals surface area contributed by atoms with Gasteiger partial charge in [0.1, 0.15) is 5.82 Å². The van der Waals surface area contributed by atoms with E-state index in [1.165, 1.54) is 38.5 Å². The Balaban J connectivity index is 1.88. The Bertz CT molecular complexity index is 1330. The quantitative estimate of drug-likeness (QED) is 0.535. The van der Waals surface area contributed by atoms with Crippen LogP contribution in [0.3, 0.4) is 0 Å². The lowest BCUT2D eigenvalue weighted by atomic mass is 10.1. The first-order chi connectivity index (χ1) is 15.0. The van der Waals surface area contributed by atoms with Crippen molar-refractivity contribution in [1.82, 2.24) is 9.66 Å². The van der Waals surface area contributed by atoms with E-state index in [0.717, 1.165) is 4.68 Å². The second kappa shape index (κ2) is 8.27. The largest absolute Gasteiger partial charge is 0.493 e. The highest BCUT2D eigenvalue weighted by molar-refractivity contribution is 6.03. The van der Waals surface area contributed by atoms with Gasteiger partial charge in [0.15, 0.2) is 17.3 Å². The average molecular weight is 419 g/mol. The summed E-state index contributed by atoms with van der Waals surface area (Å²) in [5, 5.41) is 0.325. The van der Waals surface area contributed by atoms with Crippen molar-refractivity contribution < 1.29 is 18.7 Å². The van der Waals surface area contributed by atoms with Gasteiger partial charge >= 0.3 is 0 Å². The predicted octanol–water partition coefficient (Wildman–Crippen LogP) is 3.60. The maximum absolute atomic E-state index is 13.4. The van der Waals surface area contributed by atoms with E-state index >= 15 is 0 Å². The minimum Gasteiger partial charge on any atom is -0.493 e. The molecule has 3 aromatic carbocycles. The summed E-state index contributed by atoms with van der Waals surface area (Å²) in [4.78, 5) is 30.8. The Hall–Kier alpha value is -4.20. The van der Waals surface area contributed by atoms with E-state index in [9.17, 15) is 14.0 Å². The van der Waals surface area contributed by atoms with Crippen molar-refractivity contribution in [1.29, 1.82) is 0 Å². The van der Waals surface area contributed by atoms with Crippen LogP contribution in [0.4, 0.5) is 4.39 Å². The average Bonchev–Trinajstić information content (AvgIpc) is 2.80. The summed E-state index contributed by atoms with van der Waals surface area (Å²) in [6.45, 7) is 0. The van der Waals surface area contributed by atoms with Gasteiger partial charge in [-0.2, -0.15) is 4.68 Å². The van der Waals surface area contributed by atoms with Gasteiger partial charge in [-0.1, -0.05) is 18.2 Å². The number of para-hydroxylation sites is 2. The number of carbonyl (C=O) groups is 1. The summed E-state index contributed by atoms with van der Waals surface area (Å²) in [7, 11) is 2.88. The Kier molecular flexibility index (Phi) is 5.36. The van der Waals surface area contributed by atoms with E-state index < -0.39 is 17.3 Å². The molecule has 0 spiro atoms. The molecule has 0 fully saturated rings. The fourth-order valence-corrected chi connectivity index (χ4v) is 3.26. The number of methoxy groups -OCH3 is 2. The molecule has 7 nitrogen and oxygen atoms in total. The molecular formula is C23H18FN3O4. The van der Waals surface area contributed by atoms with Gasteiger partial charge in [-0.05, 0) is 48.5 Å². The lowest BCUT2D eigenvalue weighted by Gasteiger charge is -2.16. The Labute approximate surface area is 176 Å². The van der Waals surface area contributed by atoms with Crippen LogP contribution in [0.25, 0.3) is 22.3 Å². The van der Waals surface area contributed by atoms with Crippen LogP contribution in [0.1, 0.15) is 10.4 Å². The summed E-state index contributed by atoms with van der Waals surface area (Å²) < 4.78 is 25.1. The van der Waals surface area contributed by atoms with Crippen LogP contribution in [0.15, 0.2) is 71.5 Å². The van der Waals surface area contributed by atoms with Crippen LogP contribution in [0.5, 0.6) is 11.5 Å². The molecule has 8 heteroatoms. The summed E-state index contributed by atoms with van der Waals surface area (Å²) in [6.07, 6.45) is 0. The van der Waals surface area contributed by atoms with E-state index in [2.05, 4.69) is 10.4 Å². The Morgan fingerprint density at radius 1 is 0.968 bits per heavy atom. The van der Waals surface area contributed by atoms with E-state index in [4.69, 9.17) is 9.47 Å². The lowest BCUT2D eigenvalue weighted by Crippen LogP contribution is -2.35. The van der Waals surface area contributed by atoms with Crippen molar-refractivity contribution in [2.24, 2.45) is 0 Å². The molecule has 31 heavy (non-hydrogen) atoms. The molecule has 0 bridgehead atoms. The lowest BCUT2D eigenvalue weighted by molar-refractivity contribution is 0.100. The van der Waals surface area contributed by atoms with E-state index in [-0.39, 0.29) is 17.1 Å². The normalized spacial score (nSPS) is 10.7. The number of hydrogen-bond acceptors (Lipinski definition) is 5. The zero-order valence-electron chi connectivity index (χ0n) is 16.8. The molecule has 1 aromatic heterocycles. The summed E-state index contributed by atoms with van der Waals surface area (Å²) in [5.74, 6) is -0.258. The number of fused-ring (bicyclic) bond motifs is 1. The molecule has 1 amide bonds. The Morgan fingerprint density at radius 3 is 2.42 bits per heavy atom. The summed E-state index contributed by atoms with van der Waals surface area (Å²) in [5.41, 5.74) is 3.22. The highest BCUT2D eigenvalue weighted by atomic mass is 19.1. The van der Waals surface area contributed by atoms with Crippen molar-refractivity contribution in [3.8, 4) is 22.9 Å². The monoisotopic (exact) mass is 419 g/mol. The number of hydrogen-bond donors (Lipinski definition) is 1. The number of nitrogens with one attached hydrogen (secondary N) is 1. The molecule has 0 radical (unpaired) electrons. The number of rotatable bonds is 5. The number of benzene rings is 3. The first kappa shape index (κ1) is 20.1. The third kappa shape index (κ3) is 3.71. The highest BCUT2D eigenvalue weighted by Gasteiger charge is 2.20. The molecule has 4 rings (SSSR count). The SMILES string of the molecule is COc1cccc(C(=O)Nn2c(-c3ccc(F)cc3)nc3ccccc3c2=O)c1OC. The maximum atomic E-state index is 13.4. The fourth-order valence-electron chi connectivity index (χ4n) is 3.26. The first-order valence-corrected chi connectivity index (χ1v) is 9.33. The number of aromatic nitrogens is 2. The molecule has 0 saturated heterocycles. The van der Waals surface area contributed by atoms with Crippen molar-refractivity contribution in [2.75, 3.05) is 19.6 Å². The molecule has 1 N–H and O–H groups in total. The first-order valence-electron chi connectivity index (χ1n) is 9.33. The van der Waals surface area contributed by atoms with Crippen molar-refractivity contribution in [2.45, 2.75) is 0 Å². The predicted molar refractivity (Wildman–Crippen MR) is 115 cm³/mol. The smallest absolute Gasteiger partial charge is 0.280 e. The van der Waals surface area contributed by atoms with Gasteiger partial charge in [0, 0.05) is 5.56 Å². The number of amides is 1. The van der Waals surface area contributed by atoms with Gasteiger partial charge in [-0.15, -0.1) is 0 Å². The van der Waals surface area contributed by atoms with Gasteiger partial charge in [0.05, 0.1) is 30.7 Å². The molecule has 0 atom stereocenters. The van der Waals surface area contributed by atoms with Gasteiger partial charge in [-0.25, -0.2) is 9.37 Å². The van der Waals surface area contributed by atoms with Crippen molar-refractivity contribution >= 4 is 16.8 Å². The molecule has 0 aliphatic heterocycles. The second-order valence-electron chi connectivity index (χ2n) is 6.58. The Morgan fingerprint density at radius 2 is 1.71 bits per heavy atom. The number of carbonyl (C=O) groups excluding carboxylic acids is 1. The third-order valence-corrected chi connectivity index (χ3v) is 4.74. The maximum Gasteiger partial charge on any atom is 0.280 e. The van der Waals surface area contributed by atoms with Gasteiger partial charge in [0.2, 0.25) is 0 Å². The molecule has 156 valence electrons. The molecule has 1 heterocycles. The van der Waals surface area contributed by atoms with Crippen LogP contribution < -0.4 is 20.5 Å². The minimum absolute atomic E-state index is 0.166. The minimum atomic E-state index is -0.599. The second-order valence-corrected chi connectivity index (χ2v) is 6.58. The molecule has 0 unspecified atom stereocenters. The number of ether oxygens (including phenoxy) is 2. The number of halogens is 1. The summed E-state index contributed by atoms with van der Waals surface area (Å²) in [6, 6.07) is 17.1. The van der Waals surface area contributed by atoms with Gasteiger partial charge < -0.3 is 9.47 Å². The van der Waals surface area contributed by atoms with E-state index in [1.807, 2.05) is 0 Å². The van der Waals surface area contributed by atoms with Crippen LogP contribution in [-0.4, -0.2) is 29.8 Å². The van der Waals surface area contributed by atoms with Gasteiger partial charge in [-0.3, -0.25) is 15.0 Å². The van der Waals surface area contributed by atoms with Crippen LogP contribution >= 0.6 is 0 Å². The van der Waals surface area contributed by atoms with Crippen LogP contribution in [-0.2, 0) is 0 Å². The molecule has 0 saturated carbocycles. The molecular weight excluding hydrogens is 401 g/mol. The standard InChI is InChI=1S/C23H18FN3O4/c1-30-19-9-5-7-17(20(19)31-2)22(28)26-27-21(14-10-12-15(24)13-11-14)25-18-8-4-3-6-16(18)23(27)29/h3-13H,1-2H3,(H,26,28). The third-order valence-electron chi connectivity index (χ3n) is 4.74. The van der Waals surface area contributed by atoms with Gasteiger partial charge in [0.25, 0.3) is 11.5 Å². The zero-order chi connectivity index (χ0) is 22.0. The fraction of sp³-hybridized carbons (Fsp3) is 0.0870. The van der Waals surface area contributed by atoms with Crippen LogP contribution in [0, 0.1) is 5.82 Å². The zero-order valence-corrected chi connectivity index (χ0v) is 16.8. The summed E-state index contributed by atoms with van der Waals surface area (Å²) >= 11 is 0. The van der Waals surface area contributed by atoms with Crippen molar-refractivity contribution in [3.05, 3.63) is 88.5 Å². The number of nitrogens with zero attached hydrogens (tertiary/aromatic N) is 2. The van der Waals surface area contributed by atoms with E-state index in [1.54, 1.807) is 42.5 Å². The highest BCUT2D eigenvalue weighted by Crippen LogP contribution is 2.30. The molecule has 0 aliphatic rings. The molecule has 0 aliphatic carbocycles. The topological polar surface area (TPSA) is 82.5 Å². The van der Waals surface area contributed by atoms with E-state index in [0.29, 0.717) is 22.2 Å². The van der Waals surface area contributed by atoms with Crippen LogP contribution in [0.2, 0.25) is 0 Å².